The van der Waals surface area contributed by atoms with Crippen LogP contribution < -0.4 is 26.6 Å². The van der Waals surface area contributed by atoms with Crippen molar-refractivity contribution < 1.29 is 48.2 Å². The van der Waals surface area contributed by atoms with E-state index in [2.05, 4.69) is 26.6 Å². The van der Waals surface area contributed by atoms with Crippen molar-refractivity contribution in [2.45, 2.75) is 58.1 Å². The first-order chi connectivity index (χ1) is 18.7. The lowest BCUT2D eigenvalue weighted by atomic mass is 10.1. The van der Waals surface area contributed by atoms with Crippen LogP contribution >= 0.6 is 0 Å². The van der Waals surface area contributed by atoms with Gasteiger partial charge in [-0.2, -0.15) is 0 Å². The van der Waals surface area contributed by atoms with E-state index in [0.717, 1.165) is 17.1 Å². The Labute approximate surface area is 230 Å². The maximum Gasteiger partial charge on any atom is 0.408 e. The summed E-state index contributed by atoms with van der Waals surface area (Å²) in [4.78, 5) is 94.3. The predicted octanol–water partition coefficient (Wildman–Crippen LogP) is -2.09. The lowest BCUT2D eigenvalue weighted by Gasteiger charge is -2.19. The molecule has 1 atom stereocenters. The fourth-order valence-corrected chi connectivity index (χ4v) is 3.11. The minimum atomic E-state index is -1.28. The number of aliphatic carboxylic acids is 1. The molecule has 0 saturated heterocycles. The summed E-state index contributed by atoms with van der Waals surface area (Å²) in [5.74, 6) is -4.73. The number of amides is 7. The highest BCUT2D eigenvalue weighted by Crippen LogP contribution is 2.06. The van der Waals surface area contributed by atoms with Gasteiger partial charge < -0.3 is 36.4 Å². The molecule has 16 heteroatoms. The summed E-state index contributed by atoms with van der Waals surface area (Å²) >= 11 is 0. The van der Waals surface area contributed by atoms with Gasteiger partial charge in [0.2, 0.25) is 23.6 Å². The maximum atomic E-state index is 12.0. The molecule has 16 nitrogen and oxygen atoms in total. The smallest absolute Gasteiger partial charge is 0.408 e. The Kier molecular flexibility index (Phi) is 13.8. The maximum absolute atomic E-state index is 12.0. The van der Waals surface area contributed by atoms with Gasteiger partial charge in [-0.3, -0.25) is 33.7 Å². The van der Waals surface area contributed by atoms with Gasteiger partial charge >= 0.3 is 12.1 Å². The van der Waals surface area contributed by atoms with E-state index in [9.17, 15) is 43.5 Å². The second-order valence-electron chi connectivity index (χ2n) is 9.62. The molecule has 1 rings (SSSR count). The Morgan fingerprint density at radius 1 is 0.825 bits per heavy atom. The summed E-state index contributed by atoms with van der Waals surface area (Å²) in [6.45, 7) is 3.73. The van der Waals surface area contributed by atoms with Crippen LogP contribution in [-0.4, -0.2) is 102 Å². The van der Waals surface area contributed by atoms with Gasteiger partial charge in [-0.1, -0.05) is 0 Å². The highest BCUT2D eigenvalue weighted by molar-refractivity contribution is 6.13. The normalized spacial score (nSPS) is 13.3. The summed E-state index contributed by atoms with van der Waals surface area (Å²) in [7, 11) is 0. The third-order valence-electron chi connectivity index (χ3n) is 5.02. The Morgan fingerprint density at radius 2 is 1.38 bits per heavy atom. The van der Waals surface area contributed by atoms with Crippen molar-refractivity contribution >= 4 is 47.5 Å². The van der Waals surface area contributed by atoms with Crippen LogP contribution in [0.4, 0.5) is 4.79 Å². The van der Waals surface area contributed by atoms with E-state index >= 15 is 0 Å². The molecule has 6 N–H and O–H groups in total. The van der Waals surface area contributed by atoms with Crippen LogP contribution in [0.1, 0.15) is 46.5 Å². The molecule has 0 radical (unpaired) electrons. The zero-order chi connectivity index (χ0) is 30.3. The lowest BCUT2D eigenvalue weighted by molar-refractivity contribution is -0.142. The number of unbranched alkanes of at least 4 members (excludes halogenated alkanes) is 1. The van der Waals surface area contributed by atoms with Gasteiger partial charge in [-0.25, -0.2) is 9.59 Å². The van der Waals surface area contributed by atoms with Crippen LogP contribution in [0.15, 0.2) is 12.2 Å². The Morgan fingerprint density at radius 3 is 1.93 bits per heavy atom. The van der Waals surface area contributed by atoms with Crippen molar-refractivity contribution in [2.75, 3.05) is 32.7 Å². The lowest BCUT2D eigenvalue weighted by Crippen LogP contribution is -2.47. The molecule has 40 heavy (non-hydrogen) atoms. The third-order valence-corrected chi connectivity index (χ3v) is 5.02. The summed E-state index contributed by atoms with van der Waals surface area (Å²) in [6, 6.07) is -1.22. The highest BCUT2D eigenvalue weighted by atomic mass is 16.6. The Bertz CT molecular complexity index is 1000. The second-order valence-corrected chi connectivity index (χ2v) is 9.62. The summed E-state index contributed by atoms with van der Waals surface area (Å²) in [5.41, 5.74) is -0.738. The number of alkyl carbamates (subject to hydrolysis) is 1. The van der Waals surface area contributed by atoms with Gasteiger partial charge in [-0.15, -0.1) is 0 Å². The fourth-order valence-electron chi connectivity index (χ4n) is 3.11. The van der Waals surface area contributed by atoms with Crippen LogP contribution in [0.2, 0.25) is 0 Å². The predicted molar refractivity (Wildman–Crippen MR) is 137 cm³/mol. The van der Waals surface area contributed by atoms with E-state index < -0.39 is 72.9 Å². The number of nitrogens with one attached hydrogen (secondary N) is 5. The molecule has 0 aromatic carbocycles. The molecule has 0 aromatic rings. The van der Waals surface area contributed by atoms with Crippen LogP contribution in [0.5, 0.6) is 0 Å². The average Bonchev–Trinajstić information content (AvgIpc) is 3.18. The van der Waals surface area contributed by atoms with Crippen molar-refractivity contribution in [3.63, 3.8) is 0 Å². The van der Waals surface area contributed by atoms with E-state index in [1.54, 1.807) is 20.8 Å². The minimum absolute atomic E-state index is 0.0438. The largest absolute Gasteiger partial charge is 0.480 e. The number of carbonyl (C=O) groups excluding carboxylic acids is 7. The van der Waals surface area contributed by atoms with E-state index in [1.165, 1.54) is 0 Å². The molecule has 222 valence electrons. The molecule has 1 aliphatic heterocycles. The van der Waals surface area contributed by atoms with Gasteiger partial charge in [0.1, 0.15) is 18.2 Å². The SMILES string of the molecule is CC(C)(C)OC(=O)NCC(=O)NCC(=O)NCC(=O)N[C@@H](CCCCNC(=O)CCN1C(=O)C=CC1=O)C(=O)O. The van der Waals surface area contributed by atoms with Gasteiger partial charge in [0.05, 0.1) is 13.1 Å². The van der Waals surface area contributed by atoms with Crippen LogP contribution in [0.3, 0.4) is 0 Å². The van der Waals surface area contributed by atoms with E-state index in [0.29, 0.717) is 12.8 Å². The molecule has 0 saturated carbocycles. The van der Waals surface area contributed by atoms with Crippen molar-refractivity contribution in [2.24, 2.45) is 0 Å². The number of rotatable bonds is 16. The average molecular weight is 569 g/mol. The molecule has 0 fully saturated rings. The minimum Gasteiger partial charge on any atom is -0.480 e. The van der Waals surface area contributed by atoms with E-state index in [1.807, 2.05) is 0 Å². The third kappa shape index (κ3) is 14.4. The zero-order valence-electron chi connectivity index (χ0n) is 22.7. The molecule has 1 aliphatic rings. The Balaban J connectivity index is 2.21. The van der Waals surface area contributed by atoms with Crippen molar-refractivity contribution in [1.82, 2.24) is 31.5 Å². The number of nitrogens with zero attached hydrogens (tertiary/aromatic N) is 1. The molecular formula is C24H36N6O10. The fraction of sp³-hybridized carbons (Fsp3) is 0.583. The van der Waals surface area contributed by atoms with Gasteiger partial charge in [0.25, 0.3) is 11.8 Å². The standard InChI is InChI=1S/C24H36N6O10/c1-24(2,3)40-23(39)28-13-18(33)26-12-17(32)27-14-19(34)29-15(22(37)38)6-4-5-10-25-16(31)9-11-30-20(35)7-8-21(30)36/h7-8,15H,4-6,9-14H2,1-3H3,(H,25,31)(H,26,33)(H,27,32)(H,28,39)(H,29,34)(H,37,38)/t15-/m0/s1. The summed E-state index contributed by atoms with van der Waals surface area (Å²) < 4.78 is 4.97. The topological polar surface area (TPSA) is 229 Å². The molecule has 0 aromatic heterocycles. The number of carbonyl (C=O) groups is 8. The molecule has 7 amide bonds. The second kappa shape index (κ2) is 16.5. The van der Waals surface area contributed by atoms with Gasteiger partial charge in [0.15, 0.2) is 0 Å². The molecule has 1 heterocycles. The number of carboxylic acid groups (broad SMARTS) is 1. The first kappa shape index (κ1) is 33.5. The molecule has 0 bridgehead atoms. The highest BCUT2D eigenvalue weighted by Gasteiger charge is 2.24. The zero-order valence-corrected chi connectivity index (χ0v) is 22.7. The quantitative estimate of drug-likeness (QED) is 0.0878. The van der Waals surface area contributed by atoms with Crippen LogP contribution in [0.25, 0.3) is 0 Å². The Hall–Kier alpha value is -4.50. The number of hydrogen-bond acceptors (Lipinski definition) is 9. The van der Waals surface area contributed by atoms with Crippen molar-refractivity contribution in [1.29, 1.82) is 0 Å². The number of carboxylic acids is 1. The first-order valence-electron chi connectivity index (χ1n) is 12.5. The van der Waals surface area contributed by atoms with Crippen LogP contribution in [0, 0.1) is 0 Å². The van der Waals surface area contributed by atoms with Crippen LogP contribution in [-0.2, 0) is 38.3 Å². The molecule has 0 spiro atoms. The molecular weight excluding hydrogens is 532 g/mol. The van der Waals surface area contributed by atoms with Gasteiger partial charge in [-0.05, 0) is 40.0 Å². The first-order valence-corrected chi connectivity index (χ1v) is 12.5. The van der Waals surface area contributed by atoms with E-state index in [-0.39, 0.29) is 31.8 Å². The van der Waals surface area contributed by atoms with Crippen molar-refractivity contribution in [3.05, 3.63) is 12.2 Å². The van der Waals surface area contributed by atoms with Crippen molar-refractivity contribution in [3.8, 4) is 0 Å². The number of ether oxygens (including phenoxy) is 1. The summed E-state index contributed by atoms with van der Waals surface area (Å²) in [5, 5.41) is 20.9. The molecule has 0 aliphatic carbocycles. The van der Waals surface area contributed by atoms with Gasteiger partial charge in [0, 0.05) is 31.7 Å². The monoisotopic (exact) mass is 568 g/mol. The number of imide groups is 1. The van der Waals surface area contributed by atoms with E-state index in [4.69, 9.17) is 4.74 Å². The molecule has 0 unspecified atom stereocenters. The summed E-state index contributed by atoms with van der Waals surface area (Å²) in [6.07, 6.45) is 2.21. The number of hydrogen-bond donors (Lipinski definition) is 6.